The lowest BCUT2D eigenvalue weighted by molar-refractivity contribution is -0.137. The van der Waals surface area contributed by atoms with E-state index < -0.39 is 33.5 Å². The van der Waals surface area contributed by atoms with E-state index in [1.54, 1.807) is 18.2 Å². The van der Waals surface area contributed by atoms with Crippen molar-refractivity contribution in [1.82, 2.24) is 4.72 Å². The van der Waals surface area contributed by atoms with Gasteiger partial charge in [0.15, 0.2) is 0 Å². The topological polar surface area (TPSA) is 96.5 Å². The van der Waals surface area contributed by atoms with Crippen LogP contribution in [-0.2, 0) is 27.7 Å². The van der Waals surface area contributed by atoms with Gasteiger partial charge in [0, 0.05) is 35.9 Å². The largest absolute Gasteiger partial charge is 0.486 e. The zero-order valence-electron chi connectivity index (χ0n) is 18.5. The lowest BCUT2D eigenvalue weighted by atomic mass is 9.83. The number of carbonyl (C=O) groups excluding carboxylic acids is 1. The lowest BCUT2D eigenvalue weighted by Crippen LogP contribution is -2.38. The van der Waals surface area contributed by atoms with Crippen LogP contribution in [0.25, 0.3) is 5.57 Å². The Hall–Kier alpha value is -3.05. The van der Waals surface area contributed by atoms with Crippen molar-refractivity contribution in [3.63, 3.8) is 0 Å². The van der Waals surface area contributed by atoms with Crippen LogP contribution < -0.4 is 19.5 Å². The summed E-state index contributed by atoms with van der Waals surface area (Å²) in [6.07, 6.45) is -1.68. The van der Waals surface area contributed by atoms with Crippen molar-refractivity contribution in [2.75, 3.05) is 10.0 Å². The van der Waals surface area contributed by atoms with Gasteiger partial charge in [-0.1, -0.05) is 26.0 Å². The van der Waals surface area contributed by atoms with E-state index in [9.17, 15) is 26.4 Å². The fourth-order valence-corrected chi connectivity index (χ4v) is 5.09. The molecule has 7 nitrogen and oxygen atoms in total. The zero-order valence-corrected chi connectivity index (χ0v) is 19.4. The van der Waals surface area contributed by atoms with Crippen LogP contribution in [-0.4, -0.2) is 19.9 Å². The molecule has 2 aliphatic rings. The number of hydrogen-bond donors (Lipinski definition) is 3. The minimum Gasteiger partial charge on any atom is -0.486 e. The maximum Gasteiger partial charge on any atom is 0.416 e. The van der Waals surface area contributed by atoms with Crippen LogP contribution >= 0.6 is 0 Å². The van der Waals surface area contributed by atoms with Gasteiger partial charge >= 0.3 is 6.18 Å². The smallest absolute Gasteiger partial charge is 0.416 e. The minimum absolute atomic E-state index is 0.00334. The number of halogens is 3. The molecule has 182 valence electrons. The minimum atomic E-state index is -4.51. The number of amides is 1. The fraction of sp³-hybridized carbons (Fsp3) is 0.348. The molecule has 0 spiro atoms. The van der Waals surface area contributed by atoms with Crippen LogP contribution in [0.3, 0.4) is 0 Å². The number of fused-ring (bicyclic) bond motifs is 2. The van der Waals surface area contributed by atoms with Crippen LogP contribution in [0.15, 0.2) is 42.5 Å². The van der Waals surface area contributed by atoms with Crippen LogP contribution in [0, 0.1) is 0 Å². The zero-order chi connectivity index (χ0) is 24.7. The summed E-state index contributed by atoms with van der Waals surface area (Å²) in [6, 6.07) is 8.13. The van der Waals surface area contributed by atoms with Crippen molar-refractivity contribution in [3.05, 3.63) is 59.2 Å². The Kier molecular flexibility index (Phi) is 6.11. The molecule has 34 heavy (non-hydrogen) atoms. The van der Waals surface area contributed by atoms with E-state index in [0.29, 0.717) is 47.3 Å². The molecule has 2 aromatic carbocycles. The second-order valence-electron chi connectivity index (χ2n) is 8.29. The van der Waals surface area contributed by atoms with Gasteiger partial charge in [0.05, 0.1) is 11.3 Å². The van der Waals surface area contributed by atoms with E-state index in [2.05, 4.69) is 14.8 Å². The fourth-order valence-electron chi connectivity index (χ4n) is 4.20. The first-order valence-electron chi connectivity index (χ1n) is 10.8. The Morgan fingerprint density at radius 2 is 1.94 bits per heavy atom. The molecule has 2 aliphatic heterocycles. The molecule has 4 rings (SSSR count). The van der Waals surface area contributed by atoms with E-state index in [-0.39, 0.29) is 12.3 Å². The standard InChI is InChI=1S/C23H24F3N3O4S/c1-3-22(4-2)12-14(16-9-8-15(23(24,25)26)11-20(16)33-22)10-21(30)28-18-6-5-7-19-17(18)13-27-34(31,32)29-19/h5-11,27,29H,3-4,12-13H2,1-2H3,(H,28,30)/b14-10+. The Labute approximate surface area is 195 Å². The van der Waals surface area contributed by atoms with Gasteiger partial charge in [-0.25, -0.2) is 0 Å². The van der Waals surface area contributed by atoms with E-state index in [4.69, 9.17) is 4.74 Å². The predicted octanol–water partition coefficient (Wildman–Crippen LogP) is 4.83. The Morgan fingerprint density at radius 1 is 1.21 bits per heavy atom. The molecule has 0 unspecified atom stereocenters. The molecule has 0 fully saturated rings. The third kappa shape index (κ3) is 4.76. The van der Waals surface area contributed by atoms with Crippen molar-refractivity contribution in [3.8, 4) is 5.75 Å². The molecule has 1 amide bonds. The molecular formula is C23H24F3N3O4S. The molecule has 11 heteroatoms. The highest BCUT2D eigenvalue weighted by Gasteiger charge is 2.38. The quantitative estimate of drug-likeness (QED) is 0.530. The normalized spacial score (nSPS) is 19.4. The third-order valence-electron chi connectivity index (χ3n) is 6.21. The van der Waals surface area contributed by atoms with Crippen molar-refractivity contribution in [2.24, 2.45) is 0 Å². The Balaban J connectivity index is 1.68. The summed E-state index contributed by atoms with van der Waals surface area (Å²) in [7, 11) is -3.65. The summed E-state index contributed by atoms with van der Waals surface area (Å²) in [6.45, 7) is 3.79. The number of benzene rings is 2. The summed E-state index contributed by atoms with van der Waals surface area (Å²) < 4.78 is 74.0. The van der Waals surface area contributed by atoms with Gasteiger partial charge in [0.2, 0.25) is 5.91 Å². The summed E-state index contributed by atoms with van der Waals surface area (Å²) in [4.78, 5) is 13.0. The van der Waals surface area contributed by atoms with Crippen molar-refractivity contribution < 1.29 is 31.1 Å². The van der Waals surface area contributed by atoms with Gasteiger partial charge in [0.1, 0.15) is 11.4 Å². The summed E-state index contributed by atoms with van der Waals surface area (Å²) >= 11 is 0. The third-order valence-corrected chi connectivity index (χ3v) is 7.22. The van der Waals surface area contributed by atoms with E-state index >= 15 is 0 Å². The van der Waals surface area contributed by atoms with E-state index in [1.165, 1.54) is 12.1 Å². The molecule has 0 bridgehead atoms. The molecular weight excluding hydrogens is 471 g/mol. The monoisotopic (exact) mass is 495 g/mol. The summed E-state index contributed by atoms with van der Waals surface area (Å²) in [5, 5.41) is 2.76. The van der Waals surface area contributed by atoms with Crippen LogP contribution in [0.1, 0.15) is 49.8 Å². The number of alkyl halides is 3. The molecule has 0 radical (unpaired) electrons. The van der Waals surface area contributed by atoms with E-state index in [0.717, 1.165) is 12.1 Å². The molecule has 0 atom stereocenters. The van der Waals surface area contributed by atoms with Crippen LogP contribution in [0.2, 0.25) is 0 Å². The SMILES string of the molecule is CCC1(CC)C/C(=C\C(=O)Nc2cccc3c2CNS(=O)(=O)N3)c2ccc(C(F)(F)F)cc2O1. The lowest BCUT2D eigenvalue weighted by Gasteiger charge is -2.39. The van der Waals surface area contributed by atoms with Gasteiger partial charge in [0.25, 0.3) is 10.2 Å². The molecule has 2 heterocycles. The van der Waals surface area contributed by atoms with Crippen molar-refractivity contribution in [2.45, 2.75) is 51.4 Å². The first-order chi connectivity index (χ1) is 16.0. The first-order valence-corrected chi connectivity index (χ1v) is 12.2. The Bertz CT molecular complexity index is 1270. The van der Waals surface area contributed by atoms with Crippen LogP contribution in [0.5, 0.6) is 5.75 Å². The highest BCUT2D eigenvalue weighted by molar-refractivity contribution is 7.90. The van der Waals surface area contributed by atoms with Gasteiger partial charge in [-0.05, 0) is 42.7 Å². The molecule has 0 saturated heterocycles. The van der Waals surface area contributed by atoms with Gasteiger partial charge in [-0.15, -0.1) is 0 Å². The van der Waals surface area contributed by atoms with E-state index in [1.807, 2.05) is 13.8 Å². The molecule has 0 saturated carbocycles. The average Bonchev–Trinajstić information content (AvgIpc) is 2.77. The highest BCUT2D eigenvalue weighted by atomic mass is 32.2. The van der Waals surface area contributed by atoms with Gasteiger partial charge in [-0.2, -0.15) is 26.3 Å². The second kappa shape index (κ2) is 8.62. The van der Waals surface area contributed by atoms with Crippen molar-refractivity contribution >= 4 is 33.1 Å². The van der Waals surface area contributed by atoms with Gasteiger partial charge in [-0.3, -0.25) is 9.52 Å². The average molecular weight is 496 g/mol. The first kappa shape index (κ1) is 24.1. The molecule has 3 N–H and O–H groups in total. The number of hydrogen-bond acceptors (Lipinski definition) is 4. The number of carbonyl (C=O) groups is 1. The highest BCUT2D eigenvalue weighted by Crippen LogP contribution is 2.45. The van der Waals surface area contributed by atoms with Gasteiger partial charge < -0.3 is 10.1 Å². The van der Waals surface area contributed by atoms with Crippen molar-refractivity contribution in [1.29, 1.82) is 0 Å². The maximum absolute atomic E-state index is 13.3. The molecule has 0 aromatic heterocycles. The number of nitrogens with one attached hydrogen (secondary N) is 3. The number of rotatable bonds is 4. The second-order valence-corrected chi connectivity index (χ2v) is 9.79. The molecule has 0 aliphatic carbocycles. The number of anilines is 2. The Morgan fingerprint density at radius 3 is 2.62 bits per heavy atom. The summed E-state index contributed by atoms with van der Waals surface area (Å²) in [5.41, 5.74) is 0.816. The number of ether oxygens (including phenoxy) is 1. The molecule has 2 aromatic rings. The van der Waals surface area contributed by atoms with Crippen LogP contribution in [0.4, 0.5) is 24.5 Å². The summed E-state index contributed by atoms with van der Waals surface area (Å²) in [5.74, 6) is -0.384. The predicted molar refractivity (Wildman–Crippen MR) is 122 cm³/mol. The maximum atomic E-state index is 13.3.